The molecule has 0 aromatic carbocycles. The summed E-state index contributed by atoms with van der Waals surface area (Å²) in [6.07, 6.45) is 3.72. The molecule has 0 saturated heterocycles. The molecule has 1 amide bonds. The number of nitrogens with two attached hydrogens (primary N) is 1. The van der Waals surface area contributed by atoms with E-state index in [2.05, 4.69) is 15.4 Å². The van der Waals surface area contributed by atoms with Crippen LogP contribution in [0.3, 0.4) is 0 Å². The van der Waals surface area contributed by atoms with Gasteiger partial charge in [-0.1, -0.05) is 11.3 Å². The first kappa shape index (κ1) is 15.3. The van der Waals surface area contributed by atoms with Gasteiger partial charge in [0.15, 0.2) is 5.13 Å². The van der Waals surface area contributed by atoms with Crippen molar-refractivity contribution >= 4 is 28.2 Å². The molecule has 2 aromatic rings. The predicted molar refractivity (Wildman–Crippen MR) is 84.8 cm³/mol. The molecule has 0 aliphatic carbocycles. The Balaban J connectivity index is 1.92. The number of aryl methyl sites for hydroxylation is 1. The number of hydrogen-bond donors (Lipinski definition) is 2. The number of amides is 1. The molecule has 0 fully saturated rings. The molecule has 0 spiro atoms. The smallest absolute Gasteiger partial charge is 0.265 e. The Labute approximate surface area is 127 Å². The predicted octanol–water partition coefficient (Wildman–Crippen LogP) is 1.12. The van der Waals surface area contributed by atoms with Crippen LogP contribution in [0.5, 0.6) is 0 Å². The third kappa shape index (κ3) is 3.72. The quantitative estimate of drug-likeness (QED) is 0.834. The number of nitrogens with one attached hydrogen (secondary N) is 1. The lowest BCUT2D eigenvalue weighted by Crippen LogP contribution is -2.27. The normalized spacial score (nSPS) is 10.6. The van der Waals surface area contributed by atoms with Gasteiger partial charge in [0.2, 0.25) is 0 Å². The number of aromatic nitrogens is 3. The Hall–Kier alpha value is -2.09. The highest BCUT2D eigenvalue weighted by atomic mass is 32.1. The van der Waals surface area contributed by atoms with E-state index < -0.39 is 0 Å². The maximum Gasteiger partial charge on any atom is 0.265 e. The second-order valence-electron chi connectivity index (χ2n) is 4.76. The van der Waals surface area contributed by atoms with Gasteiger partial charge in [-0.15, -0.1) is 0 Å². The van der Waals surface area contributed by atoms with Crippen LogP contribution in [-0.4, -0.2) is 40.8 Å². The first-order valence-corrected chi connectivity index (χ1v) is 7.57. The number of carbonyl (C=O) groups excluding carboxylic acids is 1. The molecular formula is C13H20N6OS. The number of anilines is 2. The zero-order chi connectivity index (χ0) is 15.4. The molecule has 0 atom stereocenters. The van der Waals surface area contributed by atoms with E-state index in [0.29, 0.717) is 18.0 Å². The van der Waals surface area contributed by atoms with Crippen molar-refractivity contribution in [2.45, 2.75) is 20.4 Å². The number of nitrogens with zero attached hydrogens (tertiary/aromatic N) is 4. The third-order valence-corrected chi connectivity index (χ3v) is 4.22. The van der Waals surface area contributed by atoms with Crippen LogP contribution in [0.2, 0.25) is 0 Å². The van der Waals surface area contributed by atoms with Crippen molar-refractivity contribution in [1.82, 2.24) is 20.1 Å². The fraction of sp³-hybridized carbons (Fsp3) is 0.462. The van der Waals surface area contributed by atoms with Crippen LogP contribution in [0.15, 0.2) is 12.4 Å². The van der Waals surface area contributed by atoms with Crippen LogP contribution in [0.1, 0.15) is 22.2 Å². The van der Waals surface area contributed by atoms with Crippen LogP contribution in [0.25, 0.3) is 0 Å². The minimum atomic E-state index is -0.190. The maximum absolute atomic E-state index is 12.1. The highest BCUT2D eigenvalue weighted by molar-refractivity contribution is 7.18. The van der Waals surface area contributed by atoms with Crippen LogP contribution >= 0.6 is 11.3 Å². The summed E-state index contributed by atoms with van der Waals surface area (Å²) in [5.41, 5.74) is 6.91. The molecule has 2 heterocycles. The molecule has 114 valence electrons. The molecule has 7 nitrogen and oxygen atoms in total. The molecule has 3 N–H and O–H groups in total. The van der Waals surface area contributed by atoms with E-state index in [-0.39, 0.29) is 11.7 Å². The van der Waals surface area contributed by atoms with Gasteiger partial charge in [-0.3, -0.25) is 9.48 Å². The summed E-state index contributed by atoms with van der Waals surface area (Å²) in [5, 5.41) is 7.76. The van der Waals surface area contributed by atoms with Crippen molar-refractivity contribution in [1.29, 1.82) is 0 Å². The number of hydrogen-bond acceptors (Lipinski definition) is 6. The fourth-order valence-corrected chi connectivity index (χ4v) is 2.66. The molecule has 21 heavy (non-hydrogen) atoms. The first-order valence-electron chi connectivity index (χ1n) is 6.76. The topological polar surface area (TPSA) is 89.1 Å². The minimum absolute atomic E-state index is 0.190. The molecule has 0 radical (unpaired) electrons. The van der Waals surface area contributed by atoms with Gasteiger partial charge in [0.25, 0.3) is 5.91 Å². The lowest BCUT2D eigenvalue weighted by atomic mass is 10.4. The summed E-state index contributed by atoms with van der Waals surface area (Å²) < 4.78 is 1.79. The summed E-state index contributed by atoms with van der Waals surface area (Å²) in [4.78, 5) is 18.7. The lowest BCUT2D eigenvalue weighted by Gasteiger charge is -2.10. The number of nitrogen functional groups attached to an aromatic ring is 1. The molecule has 0 unspecified atom stereocenters. The number of carbonyl (C=O) groups is 1. The summed E-state index contributed by atoms with van der Waals surface area (Å²) in [6.45, 7) is 5.93. The van der Waals surface area contributed by atoms with E-state index in [1.165, 1.54) is 11.3 Å². The Morgan fingerprint density at radius 2 is 2.33 bits per heavy atom. The highest BCUT2D eigenvalue weighted by Gasteiger charge is 2.17. The van der Waals surface area contributed by atoms with Crippen molar-refractivity contribution < 1.29 is 4.79 Å². The molecule has 0 saturated carbocycles. The van der Waals surface area contributed by atoms with Crippen molar-refractivity contribution in [2.75, 3.05) is 30.8 Å². The van der Waals surface area contributed by atoms with Gasteiger partial charge in [0.1, 0.15) is 10.7 Å². The second kappa shape index (κ2) is 6.57. The van der Waals surface area contributed by atoms with Crippen molar-refractivity contribution in [3.05, 3.63) is 22.8 Å². The van der Waals surface area contributed by atoms with Crippen molar-refractivity contribution in [2.24, 2.45) is 0 Å². The van der Waals surface area contributed by atoms with Crippen LogP contribution < -0.4 is 16.0 Å². The third-order valence-electron chi connectivity index (χ3n) is 3.04. The highest BCUT2D eigenvalue weighted by Crippen LogP contribution is 2.27. The molecule has 0 aliphatic rings. The average molecular weight is 308 g/mol. The Morgan fingerprint density at radius 1 is 1.57 bits per heavy atom. The zero-order valence-electron chi connectivity index (χ0n) is 12.5. The minimum Gasteiger partial charge on any atom is -0.382 e. The number of thiazole rings is 1. The Morgan fingerprint density at radius 3 is 2.95 bits per heavy atom. The maximum atomic E-state index is 12.1. The summed E-state index contributed by atoms with van der Waals surface area (Å²) in [7, 11) is 1.92. The summed E-state index contributed by atoms with van der Waals surface area (Å²) in [6, 6.07) is 0. The standard InChI is InChI=1S/C13H20N6OS/c1-4-18(3)13-17-11(14)10(21-13)12(20)15-5-6-19-8-9(2)7-16-19/h7-8H,4-6,14H2,1-3H3,(H,15,20). The van der Waals surface area contributed by atoms with E-state index in [4.69, 9.17) is 5.73 Å². The lowest BCUT2D eigenvalue weighted by molar-refractivity contribution is 0.0956. The molecule has 0 aliphatic heterocycles. The fourth-order valence-electron chi connectivity index (χ4n) is 1.73. The van der Waals surface area contributed by atoms with Gasteiger partial charge in [0.05, 0.1) is 12.7 Å². The van der Waals surface area contributed by atoms with E-state index in [1.54, 1.807) is 10.9 Å². The summed E-state index contributed by atoms with van der Waals surface area (Å²) >= 11 is 1.31. The first-order chi connectivity index (χ1) is 10.0. The Kier molecular flexibility index (Phi) is 4.79. The monoisotopic (exact) mass is 308 g/mol. The SMILES string of the molecule is CCN(C)c1nc(N)c(C(=O)NCCn2cc(C)cn2)s1. The van der Waals surface area contributed by atoms with Crippen LogP contribution in [0, 0.1) is 6.92 Å². The van der Waals surface area contributed by atoms with E-state index in [0.717, 1.165) is 17.2 Å². The van der Waals surface area contributed by atoms with Gasteiger partial charge in [0, 0.05) is 26.3 Å². The average Bonchev–Trinajstić information content (AvgIpc) is 3.04. The molecular weight excluding hydrogens is 288 g/mol. The van der Waals surface area contributed by atoms with E-state index in [9.17, 15) is 4.79 Å². The van der Waals surface area contributed by atoms with Crippen molar-refractivity contribution in [3.8, 4) is 0 Å². The van der Waals surface area contributed by atoms with E-state index in [1.807, 2.05) is 32.0 Å². The molecule has 2 rings (SSSR count). The van der Waals surface area contributed by atoms with Gasteiger partial charge in [-0.25, -0.2) is 4.98 Å². The molecule has 2 aromatic heterocycles. The van der Waals surface area contributed by atoms with Crippen molar-refractivity contribution in [3.63, 3.8) is 0 Å². The number of rotatable bonds is 6. The van der Waals surface area contributed by atoms with Crippen LogP contribution in [0.4, 0.5) is 10.9 Å². The van der Waals surface area contributed by atoms with Gasteiger partial charge >= 0.3 is 0 Å². The molecule has 8 heteroatoms. The van der Waals surface area contributed by atoms with Crippen LogP contribution in [-0.2, 0) is 6.54 Å². The van der Waals surface area contributed by atoms with Gasteiger partial charge in [-0.2, -0.15) is 5.10 Å². The van der Waals surface area contributed by atoms with Gasteiger partial charge in [-0.05, 0) is 19.4 Å². The van der Waals surface area contributed by atoms with E-state index >= 15 is 0 Å². The second-order valence-corrected chi connectivity index (χ2v) is 5.74. The largest absolute Gasteiger partial charge is 0.382 e. The Bertz CT molecular complexity index is 620. The van der Waals surface area contributed by atoms with Gasteiger partial charge < -0.3 is 16.0 Å². The summed E-state index contributed by atoms with van der Waals surface area (Å²) in [5.74, 6) is 0.0902. The molecule has 0 bridgehead atoms. The zero-order valence-corrected chi connectivity index (χ0v) is 13.3.